The smallest absolute Gasteiger partial charge is 0.191 e. The summed E-state index contributed by atoms with van der Waals surface area (Å²) in [6.45, 7) is 13.7. The second-order valence-corrected chi connectivity index (χ2v) is 8.06. The van der Waals surface area contributed by atoms with Crippen molar-refractivity contribution >= 4 is 17.7 Å². The van der Waals surface area contributed by atoms with E-state index in [4.69, 9.17) is 0 Å². The van der Waals surface area contributed by atoms with Crippen LogP contribution in [0.15, 0.2) is 4.99 Å². The molecule has 0 aliphatic rings. The fourth-order valence-corrected chi connectivity index (χ4v) is 2.26. The molecule has 0 bridgehead atoms. The van der Waals surface area contributed by atoms with Crippen molar-refractivity contribution in [2.24, 2.45) is 16.8 Å². The number of hydrogen-bond donors (Lipinski definition) is 3. The molecule has 126 valence electrons. The third-order valence-electron chi connectivity index (χ3n) is 3.42. The summed E-state index contributed by atoms with van der Waals surface area (Å²) in [5.74, 6) is 2.03. The molecule has 0 saturated carbocycles. The highest BCUT2D eigenvalue weighted by atomic mass is 32.2. The Labute approximate surface area is 135 Å². The van der Waals surface area contributed by atoms with E-state index in [9.17, 15) is 5.11 Å². The maximum atomic E-state index is 9.18. The summed E-state index contributed by atoms with van der Waals surface area (Å²) in [6.07, 6.45) is 4.10. The Morgan fingerprint density at radius 1 is 1.29 bits per heavy atom. The molecule has 0 rings (SSSR count). The summed E-state index contributed by atoms with van der Waals surface area (Å²) in [5.41, 5.74) is 0. The van der Waals surface area contributed by atoms with E-state index >= 15 is 0 Å². The van der Waals surface area contributed by atoms with Crippen LogP contribution in [0.2, 0.25) is 0 Å². The topological polar surface area (TPSA) is 56.7 Å². The zero-order valence-electron chi connectivity index (χ0n) is 14.7. The predicted octanol–water partition coefficient (Wildman–Crippen LogP) is 2.73. The molecule has 0 aromatic carbocycles. The van der Waals surface area contributed by atoms with Crippen molar-refractivity contribution in [1.82, 2.24) is 10.6 Å². The van der Waals surface area contributed by atoms with Gasteiger partial charge in [0.25, 0.3) is 0 Å². The SMILES string of the molecule is CCNC(=NCC(C)(C)SC)NCC(CCO)CC(C)C. The Morgan fingerprint density at radius 3 is 2.43 bits per heavy atom. The summed E-state index contributed by atoms with van der Waals surface area (Å²) in [4.78, 5) is 4.68. The molecule has 4 nitrogen and oxygen atoms in total. The maximum Gasteiger partial charge on any atom is 0.191 e. The minimum absolute atomic E-state index is 0.158. The molecule has 1 unspecified atom stereocenters. The van der Waals surface area contributed by atoms with Gasteiger partial charge in [-0.05, 0) is 51.7 Å². The van der Waals surface area contributed by atoms with E-state index in [1.54, 1.807) is 0 Å². The highest BCUT2D eigenvalue weighted by Crippen LogP contribution is 2.21. The number of nitrogens with one attached hydrogen (secondary N) is 2. The molecule has 0 aliphatic heterocycles. The fraction of sp³-hybridized carbons (Fsp3) is 0.938. The Hall–Kier alpha value is -0.420. The van der Waals surface area contributed by atoms with Gasteiger partial charge in [0.15, 0.2) is 5.96 Å². The van der Waals surface area contributed by atoms with E-state index in [-0.39, 0.29) is 11.4 Å². The van der Waals surface area contributed by atoms with Crippen LogP contribution in [0.4, 0.5) is 0 Å². The van der Waals surface area contributed by atoms with Crippen molar-refractivity contribution in [1.29, 1.82) is 0 Å². The molecule has 0 aromatic heterocycles. The minimum Gasteiger partial charge on any atom is -0.396 e. The summed E-state index contributed by atoms with van der Waals surface area (Å²) in [5, 5.41) is 15.9. The van der Waals surface area contributed by atoms with Crippen molar-refractivity contribution in [3.05, 3.63) is 0 Å². The van der Waals surface area contributed by atoms with E-state index < -0.39 is 0 Å². The van der Waals surface area contributed by atoms with Crippen molar-refractivity contribution < 1.29 is 5.11 Å². The molecule has 0 spiro atoms. The van der Waals surface area contributed by atoms with Crippen LogP contribution < -0.4 is 10.6 Å². The van der Waals surface area contributed by atoms with Crippen LogP contribution in [0.3, 0.4) is 0 Å². The second kappa shape index (κ2) is 11.2. The van der Waals surface area contributed by atoms with E-state index in [0.717, 1.165) is 38.4 Å². The molecule has 0 aliphatic carbocycles. The molecular weight excluding hydrogens is 282 g/mol. The van der Waals surface area contributed by atoms with Crippen LogP contribution in [-0.4, -0.2) is 48.3 Å². The van der Waals surface area contributed by atoms with Gasteiger partial charge < -0.3 is 15.7 Å². The normalized spacial score (nSPS) is 14.4. The quantitative estimate of drug-likeness (QED) is 0.428. The Bertz CT molecular complexity index is 293. The Morgan fingerprint density at radius 2 is 1.95 bits per heavy atom. The van der Waals surface area contributed by atoms with E-state index in [1.165, 1.54) is 0 Å². The van der Waals surface area contributed by atoms with Gasteiger partial charge in [-0.25, -0.2) is 0 Å². The number of aliphatic hydroxyl groups is 1. The lowest BCUT2D eigenvalue weighted by molar-refractivity contribution is 0.243. The van der Waals surface area contributed by atoms with Crippen LogP contribution in [0.25, 0.3) is 0 Å². The standard InChI is InChI=1S/C16H35N3OS/c1-7-17-15(19-12-16(4,5)21-6)18-11-14(8-9-20)10-13(2)3/h13-14,20H,7-12H2,1-6H3,(H2,17,18,19). The number of aliphatic hydroxyl groups excluding tert-OH is 1. The third-order valence-corrected chi connectivity index (χ3v) is 4.65. The van der Waals surface area contributed by atoms with Gasteiger partial charge in [0.2, 0.25) is 0 Å². The zero-order valence-corrected chi connectivity index (χ0v) is 15.5. The van der Waals surface area contributed by atoms with Crippen molar-refractivity contribution in [2.45, 2.75) is 52.2 Å². The van der Waals surface area contributed by atoms with Crippen LogP contribution in [0.1, 0.15) is 47.5 Å². The summed E-state index contributed by atoms with van der Waals surface area (Å²) in [6, 6.07) is 0. The Kier molecular flexibility index (Phi) is 11.0. The zero-order chi connectivity index (χ0) is 16.3. The van der Waals surface area contributed by atoms with Crippen molar-refractivity contribution in [2.75, 3.05) is 32.5 Å². The number of thioether (sulfide) groups is 1. The molecule has 21 heavy (non-hydrogen) atoms. The van der Waals surface area contributed by atoms with Crippen molar-refractivity contribution in [3.63, 3.8) is 0 Å². The van der Waals surface area contributed by atoms with Crippen LogP contribution in [0, 0.1) is 11.8 Å². The molecular formula is C16H35N3OS. The summed E-state index contributed by atoms with van der Waals surface area (Å²) >= 11 is 1.83. The third kappa shape index (κ3) is 10.9. The van der Waals surface area contributed by atoms with E-state index in [0.29, 0.717) is 11.8 Å². The monoisotopic (exact) mass is 317 g/mol. The number of guanidine groups is 1. The van der Waals surface area contributed by atoms with Gasteiger partial charge in [-0.2, -0.15) is 11.8 Å². The molecule has 0 radical (unpaired) electrons. The van der Waals surface area contributed by atoms with Crippen LogP contribution >= 0.6 is 11.8 Å². The lowest BCUT2D eigenvalue weighted by Crippen LogP contribution is -2.41. The van der Waals surface area contributed by atoms with Gasteiger partial charge in [-0.1, -0.05) is 13.8 Å². The first-order valence-corrected chi connectivity index (χ1v) is 9.25. The predicted molar refractivity (Wildman–Crippen MR) is 96.2 cm³/mol. The van der Waals surface area contributed by atoms with Crippen LogP contribution in [0.5, 0.6) is 0 Å². The number of aliphatic imine (C=N–C) groups is 1. The largest absolute Gasteiger partial charge is 0.396 e. The molecule has 3 N–H and O–H groups in total. The molecule has 0 amide bonds. The van der Waals surface area contributed by atoms with Gasteiger partial charge in [0.1, 0.15) is 0 Å². The molecule has 0 aromatic rings. The first-order valence-electron chi connectivity index (χ1n) is 8.02. The fourth-order valence-electron chi connectivity index (χ4n) is 2.07. The number of rotatable bonds is 10. The minimum atomic E-state index is 0.158. The van der Waals surface area contributed by atoms with Crippen LogP contribution in [-0.2, 0) is 0 Å². The highest BCUT2D eigenvalue weighted by molar-refractivity contribution is 7.99. The van der Waals surface area contributed by atoms with Crippen molar-refractivity contribution in [3.8, 4) is 0 Å². The van der Waals surface area contributed by atoms with Gasteiger partial charge in [-0.15, -0.1) is 0 Å². The van der Waals surface area contributed by atoms with E-state index in [2.05, 4.69) is 56.5 Å². The molecule has 5 heteroatoms. The molecule has 0 saturated heterocycles. The first kappa shape index (κ1) is 20.6. The summed E-state index contributed by atoms with van der Waals surface area (Å²) in [7, 11) is 0. The van der Waals surface area contributed by atoms with E-state index in [1.807, 2.05) is 11.8 Å². The lowest BCUT2D eigenvalue weighted by Gasteiger charge is -2.22. The average molecular weight is 318 g/mol. The maximum absolute atomic E-state index is 9.18. The average Bonchev–Trinajstić information content (AvgIpc) is 2.41. The number of hydrogen-bond acceptors (Lipinski definition) is 3. The Balaban J connectivity index is 4.49. The first-order chi connectivity index (χ1) is 9.84. The second-order valence-electron chi connectivity index (χ2n) is 6.55. The van der Waals surface area contributed by atoms with Gasteiger partial charge in [0.05, 0.1) is 6.54 Å². The molecule has 0 heterocycles. The lowest BCUT2D eigenvalue weighted by atomic mass is 9.94. The summed E-state index contributed by atoms with van der Waals surface area (Å²) < 4.78 is 0.158. The number of nitrogens with zero attached hydrogens (tertiary/aromatic N) is 1. The molecule has 0 fully saturated rings. The van der Waals surface area contributed by atoms with Gasteiger partial charge in [0, 0.05) is 24.4 Å². The van der Waals surface area contributed by atoms with Gasteiger partial charge in [-0.3, -0.25) is 4.99 Å². The highest BCUT2D eigenvalue weighted by Gasteiger charge is 2.16. The molecule has 1 atom stereocenters. The van der Waals surface area contributed by atoms with Gasteiger partial charge >= 0.3 is 0 Å².